The third-order valence-electron chi connectivity index (χ3n) is 5.20. The Bertz CT molecular complexity index is 1310. The molecule has 178 valence electrons. The van der Waals surface area contributed by atoms with E-state index in [1.807, 2.05) is 6.92 Å². The maximum atomic E-state index is 13.0. The number of benzene rings is 1. The number of ether oxygens (including phenoxy) is 2. The van der Waals surface area contributed by atoms with Gasteiger partial charge in [-0.3, -0.25) is 4.68 Å². The van der Waals surface area contributed by atoms with Crippen LogP contribution in [0.25, 0.3) is 17.0 Å². The van der Waals surface area contributed by atoms with Gasteiger partial charge in [0.2, 0.25) is 5.88 Å². The second-order valence-electron chi connectivity index (χ2n) is 7.29. The van der Waals surface area contributed by atoms with Gasteiger partial charge in [-0.1, -0.05) is 19.1 Å². The summed E-state index contributed by atoms with van der Waals surface area (Å²) in [4.78, 5) is 20.8. The number of methoxy groups -OCH3 is 1. The van der Waals surface area contributed by atoms with Crippen LogP contribution in [-0.2, 0) is 10.9 Å². The molecule has 12 heteroatoms. The summed E-state index contributed by atoms with van der Waals surface area (Å²) in [6.45, 7) is 3.84. The van der Waals surface area contributed by atoms with Crippen LogP contribution in [0, 0.1) is 0 Å². The maximum Gasteiger partial charge on any atom is 0.416 e. The lowest BCUT2D eigenvalue weighted by Gasteiger charge is -2.19. The SMILES string of the molecule is CCOC(=O)c1cnn(-c2nc(OC)c3c(cnn3C(CC)c3ccc(C(F)(F)F)cc3)n2)c1. The zero-order chi connectivity index (χ0) is 24.5. The highest BCUT2D eigenvalue weighted by molar-refractivity contribution is 5.88. The van der Waals surface area contributed by atoms with Gasteiger partial charge in [0.25, 0.3) is 5.95 Å². The summed E-state index contributed by atoms with van der Waals surface area (Å²) < 4.78 is 52.3. The molecule has 0 saturated heterocycles. The predicted molar refractivity (Wildman–Crippen MR) is 115 cm³/mol. The molecule has 0 spiro atoms. The number of nitrogens with zero attached hydrogens (tertiary/aromatic N) is 6. The maximum absolute atomic E-state index is 13.0. The fourth-order valence-electron chi connectivity index (χ4n) is 3.60. The van der Waals surface area contributed by atoms with E-state index in [1.54, 1.807) is 11.6 Å². The monoisotopic (exact) mass is 474 g/mol. The van der Waals surface area contributed by atoms with Crippen LogP contribution in [0.2, 0.25) is 0 Å². The van der Waals surface area contributed by atoms with Gasteiger partial charge in [0.1, 0.15) is 11.0 Å². The van der Waals surface area contributed by atoms with E-state index >= 15 is 0 Å². The smallest absolute Gasteiger partial charge is 0.416 e. The van der Waals surface area contributed by atoms with Crippen molar-refractivity contribution in [1.29, 1.82) is 0 Å². The fourth-order valence-corrected chi connectivity index (χ4v) is 3.60. The van der Waals surface area contributed by atoms with E-state index in [0.29, 0.717) is 23.0 Å². The predicted octanol–water partition coefficient (Wildman–Crippen LogP) is 4.22. The van der Waals surface area contributed by atoms with Crippen LogP contribution in [0.15, 0.2) is 42.9 Å². The van der Waals surface area contributed by atoms with Gasteiger partial charge in [-0.15, -0.1) is 0 Å². The molecule has 3 aromatic heterocycles. The normalized spacial score (nSPS) is 12.6. The third kappa shape index (κ3) is 4.30. The number of esters is 1. The Morgan fingerprint density at radius 1 is 1.09 bits per heavy atom. The third-order valence-corrected chi connectivity index (χ3v) is 5.20. The first-order valence-corrected chi connectivity index (χ1v) is 10.4. The minimum Gasteiger partial charge on any atom is -0.479 e. The van der Waals surface area contributed by atoms with Crippen molar-refractivity contribution in [2.45, 2.75) is 32.5 Å². The standard InChI is InChI=1S/C22H21F3N6O3/c1-4-17(13-6-8-15(9-7-13)22(23,24)25)31-18-16(11-27-31)28-21(29-19(18)33-3)30-12-14(10-26-30)20(32)34-5-2/h6-12,17H,4-5H2,1-3H3. The van der Waals surface area contributed by atoms with E-state index in [-0.39, 0.29) is 30.0 Å². The van der Waals surface area contributed by atoms with E-state index in [2.05, 4.69) is 20.2 Å². The highest BCUT2D eigenvalue weighted by Gasteiger charge is 2.30. The van der Waals surface area contributed by atoms with Crippen LogP contribution in [0.4, 0.5) is 13.2 Å². The van der Waals surface area contributed by atoms with Crippen molar-refractivity contribution >= 4 is 17.0 Å². The zero-order valence-electron chi connectivity index (χ0n) is 18.6. The van der Waals surface area contributed by atoms with Gasteiger partial charge >= 0.3 is 12.1 Å². The summed E-state index contributed by atoms with van der Waals surface area (Å²) in [7, 11) is 1.44. The molecule has 3 heterocycles. The Kier molecular flexibility index (Phi) is 6.22. The number of halogens is 3. The van der Waals surface area contributed by atoms with E-state index < -0.39 is 17.7 Å². The molecule has 4 rings (SSSR count). The highest BCUT2D eigenvalue weighted by atomic mass is 19.4. The number of hydrogen-bond acceptors (Lipinski definition) is 7. The Morgan fingerprint density at radius 3 is 2.44 bits per heavy atom. The Balaban J connectivity index is 1.74. The molecular formula is C22H21F3N6O3. The van der Waals surface area contributed by atoms with Crippen molar-refractivity contribution < 1.29 is 27.4 Å². The molecule has 9 nitrogen and oxygen atoms in total. The summed E-state index contributed by atoms with van der Waals surface area (Å²) in [6, 6.07) is 4.60. The molecule has 0 bridgehead atoms. The number of carbonyl (C=O) groups is 1. The molecule has 1 atom stereocenters. The van der Waals surface area contributed by atoms with Crippen LogP contribution in [-0.4, -0.2) is 49.2 Å². The number of fused-ring (bicyclic) bond motifs is 1. The topological polar surface area (TPSA) is 97.0 Å². The van der Waals surface area contributed by atoms with Crippen molar-refractivity contribution in [3.05, 3.63) is 59.5 Å². The molecule has 1 unspecified atom stereocenters. The quantitative estimate of drug-likeness (QED) is 0.370. The molecule has 0 N–H and O–H groups in total. The average Bonchev–Trinajstić information content (AvgIpc) is 3.47. The van der Waals surface area contributed by atoms with E-state index in [4.69, 9.17) is 9.47 Å². The van der Waals surface area contributed by atoms with E-state index in [1.165, 1.54) is 42.5 Å². The van der Waals surface area contributed by atoms with E-state index in [9.17, 15) is 18.0 Å². The highest BCUT2D eigenvalue weighted by Crippen LogP contribution is 2.33. The second kappa shape index (κ2) is 9.12. The summed E-state index contributed by atoms with van der Waals surface area (Å²) in [5.74, 6) is -0.157. The van der Waals surface area contributed by atoms with Crippen LogP contribution in [0.5, 0.6) is 5.88 Å². The molecule has 0 fully saturated rings. The zero-order valence-corrected chi connectivity index (χ0v) is 18.6. The molecule has 0 amide bonds. The summed E-state index contributed by atoms with van der Waals surface area (Å²) in [5, 5.41) is 8.55. The minimum absolute atomic E-state index is 0.155. The molecular weight excluding hydrogens is 453 g/mol. The molecule has 0 saturated carbocycles. The van der Waals surface area contributed by atoms with Crippen LogP contribution in [0.1, 0.15) is 47.8 Å². The summed E-state index contributed by atoms with van der Waals surface area (Å²) >= 11 is 0. The summed E-state index contributed by atoms with van der Waals surface area (Å²) in [6.07, 6.45) is 0.450. The van der Waals surface area contributed by atoms with Crippen LogP contribution >= 0.6 is 0 Å². The Hall–Kier alpha value is -3.96. The number of hydrogen-bond donors (Lipinski definition) is 0. The largest absolute Gasteiger partial charge is 0.479 e. The number of alkyl halides is 3. The molecule has 0 aliphatic heterocycles. The number of rotatable bonds is 7. The first kappa shape index (κ1) is 23.2. The number of carbonyl (C=O) groups excluding carboxylic acids is 1. The van der Waals surface area contributed by atoms with Crippen LogP contribution < -0.4 is 4.74 Å². The van der Waals surface area contributed by atoms with Gasteiger partial charge in [0, 0.05) is 6.20 Å². The lowest BCUT2D eigenvalue weighted by molar-refractivity contribution is -0.137. The molecule has 4 aromatic rings. The molecule has 0 radical (unpaired) electrons. The van der Waals surface area contributed by atoms with Crippen molar-refractivity contribution in [3.8, 4) is 11.8 Å². The lowest BCUT2D eigenvalue weighted by Crippen LogP contribution is -2.13. The summed E-state index contributed by atoms with van der Waals surface area (Å²) in [5.41, 5.74) is 1.10. The van der Waals surface area contributed by atoms with Gasteiger partial charge in [-0.2, -0.15) is 28.4 Å². The Morgan fingerprint density at radius 2 is 1.82 bits per heavy atom. The Labute approximate surface area is 192 Å². The van der Waals surface area contributed by atoms with Gasteiger partial charge < -0.3 is 9.47 Å². The molecule has 0 aliphatic carbocycles. The molecule has 0 aliphatic rings. The van der Waals surface area contributed by atoms with Crippen LogP contribution in [0.3, 0.4) is 0 Å². The first-order chi connectivity index (χ1) is 16.3. The fraction of sp³-hybridized carbons (Fsp3) is 0.318. The van der Waals surface area contributed by atoms with Gasteiger partial charge in [0.15, 0.2) is 0 Å². The van der Waals surface area contributed by atoms with Crippen molar-refractivity contribution in [2.24, 2.45) is 0 Å². The molecule has 1 aromatic carbocycles. The van der Waals surface area contributed by atoms with Gasteiger partial charge in [-0.25, -0.2) is 14.5 Å². The minimum atomic E-state index is -4.41. The van der Waals surface area contributed by atoms with E-state index in [0.717, 1.165) is 12.1 Å². The lowest BCUT2D eigenvalue weighted by atomic mass is 10.0. The average molecular weight is 474 g/mol. The van der Waals surface area contributed by atoms with Gasteiger partial charge in [0.05, 0.1) is 43.3 Å². The van der Waals surface area contributed by atoms with Crippen molar-refractivity contribution in [2.75, 3.05) is 13.7 Å². The van der Waals surface area contributed by atoms with Crippen molar-refractivity contribution in [1.82, 2.24) is 29.5 Å². The number of aromatic nitrogens is 6. The second-order valence-corrected chi connectivity index (χ2v) is 7.29. The first-order valence-electron chi connectivity index (χ1n) is 10.4. The van der Waals surface area contributed by atoms with Gasteiger partial charge in [-0.05, 0) is 31.0 Å². The van der Waals surface area contributed by atoms with Crippen molar-refractivity contribution in [3.63, 3.8) is 0 Å². The molecule has 34 heavy (non-hydrogen) atoms.